The lowest BCUT2D eigenvalue weighted by atomic mass is 9.68. The third-order valence-corrected chi connectivity index (χ3v) is 9.87. The molecule has 48 heavy (non-hydrogen) atoms. The zero-order chi connectivity index (χ0) is 34.0. The second kappa shape index (κ2) is 11.9. The van der Waals surface area contributed by atoms with Crippen LogP contribution in [0.2, 0.25) is 0 Å². The molecule has 0 unspecified atom stereocenters. The molecule has 1 spiro atoms. The number of carbonyl (C=O) groups excluding carboxylic acids is 2. The Bertz CT molecular complexity index is 1730. The van der Waals surface area contributed by atoms with Gasteiger partial charge in [0.2, 0.25) is 12.0 Å². The first-order valence-electron chi connectivity index (χ1n) is 15.5. The molecule has 4 N–H and O–H groups in total. The summed E-state index contributed by atoms with van der Waals surface area (Å²) in [5, 5.41) is 42.3. The number of carboxylic acid groups (broad SMARTS) is 1. The summed E-state index contributed by atoms with van der Waals surface area (Å²) < 4.78 is 41.7. The molecule has 2 fully saturated rings. The highest BCUT2D eigenvalue weighted by Crippen LogP contribution is 2.63. The van der Waals surface area contributed by atoms with E-state index in [2.05, 4.69) is 11.8 Å². The number of carboxylic acids is 1. The van der Waals surface area contributed by atoms with Crippen molar-refractivity contribution in [3.8, 4) is 40.6 Å². The van der Waals surface area contributed by atoms with Crippen LogP contribution in [0.15, 0.2) is 24.3 Å². The summed E-state index contributed by atoms with van der Waals surface area (Å²) in [7, 11) is 3.07. The van der Waals surface area contributed by atoms with Crippen LogP contribution in [0.25, 0.3) is 0 Å². The number of methoxy groups -OCH3 is 2. The van der Waals surface area contributed by atoms with Gasteiger partial charge < -0.3 is 53.6 Å². The number of fused-ring (bicyclic) bond motifs is 9. The lowest BCUT2D eigenvalue weighted by Gasteiger charge is -2.48. The molecule has 1 saturated carbocycles. The summed E-state index contributed by atoms with van der Waals surface area (Å²) >= 11 is 0. The van der Waals surface area contributed by atoms with Crippen molar-refractivity contribution in [1.29, 1.82) is 0 Å². The van der Waals surface area contributed by atoms with Gasteiger partial charge in [-0.2, -0.15) is 0 Å². The number of esters is 1. The average Bonchev–Trinajstić information content (AvgIpc) is 3.46. The van der Waals surface area contributed by atoms with Crippen LogP contribution in [0, 0.1) is 11.8 Å². The van der Waals surface area contributed by atoms with Crippen molar-refractivity contribution < 1.29 is 68.0 Å². The van der Waals surface area contributed by atoms with Gasteiger partial charge in [-0.25, -0.2) is 0 Å². The van der Waals surface area contributed by atoms with E-state index in [0.717, 1.165) is 5.56 Å². The SMILES string of the molecule is COc1ccc2c(c1OC)O[C@@H]1c3cc4c(cc3OC3(CCC(=O)CC3)[C@@H]21)O[C@@H]1O[C@H](COC(=O)CC(=O)O)[C@](O)(CC#C4)[C@H](O)[C@H]1O. The van der Waals surface area contributed by atoms with Crippen LogP contribution in [-0.4, -0.2) is 94.8 Å². The number of ketones is 1. The van der Waals surface area contributed by atoms with Gasteiger partial charge in [0.1, 0.15) is 65.9 Å². The maximum atomic E-state index is 12.4. The van der Waals surface area contributed by atoms with Gasteiger partial charge in [0, 0.05) is 36.5 Å². The number of aliphatic carboxylic acids is 1. The number of carbonyl (C=O) groups is 3. The van der Waals surface area contributed by atoms with Gasteiger partial charge >= 0.3 is 11.9 Å². The maximum absolute atomic E-state index is 12.4. The molecule has 0 radical (unpaired) electrons. The second-order valence-corrected chi connectivity index (χ2v) is 12.6. The van der Waals surface area contributed by atoms with Crippen LogP contribution in [-0.2, 0) is 23.9 Å². The normalized spacial score (nSPS) is 30.5. The fraction of sp³-hybridized carbons (Fsp3) is 0.500. The van der Waals surface area contributed by atoms with Crippen molar-refractivity contribution in [3.05, 3.63) is 41.0 Å². The number of benzene rings is 2. The molecule has 254 valence electrons. The van der Waals surface area contributed by atoms with Gasteiger partial charge in [-0.05, 0) is 25.0 Å². The molecule has 14 nitrogen and oxygen atoms in total. The zero-order valence-electron chi connectivity index (χ0n) is 26.1. The van der Waals surface area contributed by atoms with Gasteiger partial charge in [0.25, 0.3) is 0 Å². The number of ether oxygens (including phenoxy) is 7. The Morgan fingerprint density at radius 1 is 1.04 bits per heavy atom. The number of hydrogen-bond acceptors (Lipinski definition) is 13. The minimum atomic E-state index is -2.20. The highest BCUT2D eigenvalue weighted by Gasteiger charge is 2.59. The minimum absolute atomic E-state index is 0.140. The first-order valence-corrected chi connectivity index (χ1v) is 15.5. The van der Waals surface area contributed by atoms with E-state index in [9.17, 15) is 29.7 Å². The second-order valence-electron chi connectivity index (χ2n) is 12.6. The van der Waals surface area contributed by atoms with Gasteiger partial charge in [0.05, 0.1) is 25.7 Å². The highest BCUT2D eigenvalue weighted by atomic mass is 16.7. The van der Waals surface area contributed by atoms with Crippen molar-refractivity contribution in [3.63, 3.8) is 0 Å². The van der Waals surface area contributed by atoms with Crippen molar-refractivity contribution in [2.24, 2.45) is 0 Å². The molecule has 2 bridgehead atoms. The summed E-state index contributed by atoms with van der Waals surface area (Å²) in [6, 6.07) is 7.09. The minimum Gasteiger partial charge on any atom is -0.493 e. The summed E-state index contributed by atoms with van der Waals surface area (Å²) in [5.74, 6) is 5.18. The summed E-state index contributed by atoms with van der Waals surface area (Å²) in [5.41, 5.74) is -1.14. The van der Waals surface area contributed by atoms with Gasteiger partial charge in [-0.15, -0.1) is 0 Å². The van der Waals surface area contributed by atoms with Crippen LogP contribution >= 0.6 is 0 Å². The highest BCUT2D eigenvalue weighted by molar-refractivity contribution is 5.90. The van der Waals surface area contributed by atoms with E-state index in [4.69, 9.17) is 38.3 Å². The Balaban J connectivity index is 1.28. The van der Waals surface area contributed by atoms with Crippen LogP contribution in [0.5, 0.6) is 28.7 Å². The fourth-order valence-electron chi connectivity index (χ4n) is 7.42. The molecule has 0 amide bonds. The third kappa shape index (κ3) is 5.09. The van der Waals surface area contributed by atoms with Crippen LogP contribution < -0.4 is 23.7 Å². The van der Waals surface area contributed by atoms with E-state index in [1.807, 2.05) is 12.1 Å². The molecule has 6 aliphatic rings. The zero-order valence-corrected chi connectivity index (χ0v) is 26.1. The fourth-order valence-corrected chi connectivity index (χ4v) is 7.42. The van der Waals surface area contributed by atoms with Crippen molar-refractivity contribution in [1.82, 2.24) is 0 Å². The summed E-state index contributed by atoms with van der Waals surface area (Å²) in [4.78, 5) is 35.2. The number of aliphatic hydroxyl groups excluding tert-OH is 2. The van der Waals surface area contributed by atoms with Crippen LogP contribution in [0.1, 0.15) is 67.2 Å². The first kappa shape index (κ1) is 32.0. The van der Waals surface area contributed by atoms with Crippen LogP contribution in [0.3, 0.4) is 0 Å². The molecule has 5 aliphatic heterocycles. The van der Waals surface area contributed by atoms with E-state index < -0.39 is 73.3 Å². The summed E-state index contributed by atoms with van der Waals surface area (Å²) in [6.45, 7) is -0.634. The molecule has 0 aromatic heterocycles. The molecule has 2 aromatic carbocycles. The lowest BCUT2D eigenvalue weighted by Crippen LogP contribution is -2.68. The van der Waals surface area contributed by atoms with Crippen molar-refractivity contribution >= 4 is 17.7 Å². The van der Waals surface area contributed by atoms with E-state index >= 15 is 0 Å². The Kier molecular flexibility index (Phi) is 7.91. The standard InChI is InChI=1S/C34H34O14/c1-42-20-6-5-18-26-28(47-29(18)30(20)43-2)19-12-16-4-3-9-34(41)23(15-44-25(38)14-24(36)37)46-32(27(39)31(34)40)45-21(16)13-22(19)48-33(26)10-7-17(35)8-11-33/h5-6,12-13,23,26-28,31-32,39-41H,7-11,14-15H2,1-2H3,(H,36,37)/t23-,26+,27-,28-,31-,32-,34-/m1/s1. The first-order chi connectivity index (χ1) is 23.0. The number of Topliss-reactive ketones (excluding diaryl/α,β-unsaturated/α-hetero) is 1. The lowest BCUT2D eigenvalue weighted by molar-refractivity contribution is -0.312. The van der Waals surface area contributed by atoms with E-state index in [-0.39, 0.29) is 17.5 Å². The molecular weight excluding hydrogens is 632 g/mol. The van der Waals surface area contributed by atoms with E-state index in [1.54, 1.807) is 12.1 Å². The molecule has 1 saturated heterocycles. The van der Waals surface area contributed by atoms with E-state index in [1.165, 1.54) is 14.2 Å². The van der Waals surface area contributed by atoms with E-state index in [0.29, 0.717) is 59.8 Å². The third-order valence-electron chi connectivity index (χ3n) is 9.87. The van der Waals surface area contributed by atoms with Gasteiger partial charge in [0.15, 0.2) is 11.5 Å². The average molecular weight is 667 g/mol. The molecule has 8 rings (SSSR count). The predicted octanol–water partition coefficient (Wildman–Crippen LogP) is 1.53. The molecule has 1 aliphatic carbocycles. The summed E-state index contributed by atoms with van der Waals surface area (Å²) in [6.07, 6.45) is -6.90. The Morgan fingerprint density at radius 2 is 1.81 bits per heavy atom. The van der Waals surface area contributed by atoms with Crippen molar-refractivity contribution in [2.75, 3.05) is 20.8 Å². The van der Waals surface area contributed by atoms with Crippen LogP contribution in [0.4, 0.5) is 0 Å². The van der Waals surface area contributed by atoms with Gasteiger partial charge in [-0.1, -0.05) is 17.9 Å². The monoisotopic (exact) mass is 666 g/mol. The number of aliphatic hydroxyl groups is 3. The molecule has 2 aromatic rings. The molecule has 7 atom stereocenters. The smallest absolute Gasteiger partial charge is 0.317 e. The number of hydrogen-bond donors (Lipinski definition) is 4. The maximum Gasteiger partial charge on any atom is 0.317 e. The molecule has 14 heteroatoms. The number of rotatable bonds is 6. The largest absolute Gasteiger partial charge is 0.493 e. The topological polar surface area (TPSA) is 197 Å². The van der Waals surface area contributed by atoms with Gasteiger partial charge in [-0.3, -0.25) is 14.4 Å². The Labute approximate surface area is 274 Å². The quantitative estimate of drug-likeness (QED) is 0.197. The Morgan fingerprint density at radius 3 is 2.52 bits per heavy atom. The Hall–Kier alpha value is -4.55. The molecular formula is C34H34O14. The molecule has 5 heterocycles. The predicted molar refractivity (Wildman–Crippen MR) is 160 cm³/mol. The van der Waals surface area contributed by atoms with Crippen molar-refractivity contribution in [2.45, 2.75) is 86.4 Å².